The lowest BCUT2D eigenvalue weighted by Gasteiger charge is -2.25. The van der Waals surface area contributed by atoms with Gasteiger partial charge in [0.25, 0.3) is 5.91 Å². The summed E-state index contributed by atoms with van der Waals surface area (Å²) < 4.78 is 10.7. The number of thioether (sulfide) groups is 1. The molecule has 25 heavy (non-hydrogen) atoms. The minimum Gasteiger partial charge on any atom is -0.497 e. The van der Waals surface area contributed by atoms with Crippen molar-refractivity contribution >= 4 is 17.7 Å². The summed E-state index contributed by atoms with van der Waals surface area (Å²) in [6, 6.07) is 13.7. The molecular weight excluding hydrogens is 334 g/mol. The lowest BCUT2D eigenvalue weighted by atomic mass is 10.1. The van der Waals surface area contributed by atoms with Crippen molar-refractivity contribution in [1.29, 1.82) is 0 Å². The fourth-order valence-corrected chi connectivity index (χ4v) is 4.21. The molecule has 0 bridgehead atoms. The van der Waals surface area contributed by atoms with E-state index in [1.54, 1.807) is 26.0 Å². The number of hydrogen-bond donors (Lipinski definition) is 0. The van der Waals surface area contributed by atoms with Crippen molar-refractivity contribution in [3.63, 3.8) is 0 Å². The van der Waals surface area contributed by atoms with Crippen LogP contribution in [0.2, 0.25) is 0 Å². The molecule has 0 radical (unpaired) electrons. The first-order valence-electron chi connectivity index (χ1n) is 8.40. The van der Waals surface area contributed by atoms with Gasteiger partial charge in [0.05, 0.1) is 14.2 Å². The molecule has 1 atom stereocenters. The first kappa shape index (κ1) is 17.7. The first-order chi connectivity index (χ1) is 12.2. The molecule has 1 aliphatic heterocycles. The number of carbonyl (C=O) groups is 1. The highest BCUT2D eigenvalue weighted by molar-refractivity contribution is 7.99. The van der Waals surface area contributed by atoms with Crippen molar-refractivity contribution in [3.8, 4) is 11.5 Å². The Morgan fingerprint density at radius 3 is 2.32 bits per heavy atom. The summed E-state index contributed by atoms with van der Waals surface area (Å²) in [7, 11) is 3.27. The van der Waals surface area contributed by atoms with E-state index >= 15 is 0 Å². The Labute approximate surface area is 153 Å². The number of hydrogen-bond acceptors (Lipinski definition) is 4. The van der Waals surface area contributed by atoms with Crippen LogP contribution in [0.15, 0.2) is 42.5 Å². The smallest absolute Gasteiger partial charge is 0.255 e. The fourth-order valence-electron chi connectivity index (χ4n) is 2.97. The van der Waals surface area contributed by atoms with E-state index in [0.717, 1.165) is 41.3 Å². The largest absolute Gasteiger partial charge is 0.497 e. The molecule has 0 unspecified atom stereocenters. The molecule has 0 spiro atoms. The third-order valence-electron chi connectivity index (χ3n) is 4.42. The van der Waals surface area contributed by atoms with Crippen molar-refractivity contribution < 1.29 is 14.3 Å². The molecule has 0 aliphatic carbocycles. The van der Waals surface area contributed by atoms with Crippen LogP contribution >= 0.6 is 11.8 Å². The molecule has 2 aromatic carbocycles. The second-order valence-electron chi connectivity index (χ2n) is 5.92. The van der Waals surface area contributed by atoms with Gasteiger partial charge in [-0.05, 0) is 41.8 Å². The number of aryl methyl sites for hydroxylation is 1. The average molecular weight is 357 g/mol. The summed E-state index contributed by atoms with van der Waals surface area (Å²) in [5.41, 5.74) is 3.00. The molecule has 0 N–H and O–H groups in total. The maximum atomic E-state index is 13.0. The minimum atomic E-state index is -0.0256. The molecule has 4 nitrogen and oxygen atoms in total. The van der Waals surface area contributed by atoms with Crippen LogP contribution in [0.1, 0.15) is 33.8 Å². The van der Waals surface area contributed by atoms with Gasteiger partial charge in [0.1, 0.15) is 16.9 Å². The van der Waals surface area contributed by atoms with E-state index in [1.807, 2.05) is 47.4 Å². The van der Waals surface area contributed by atoms with E-state index in [1.165, 1.54) is 5.56 Å². The summed E-state index contributed by atoms with van der Waals surface area (Å²) in [4.78, 5) is 14.9. The van der Waals surface area contributed by atoms with Crippen LogP contribution in [-0.2, 0) is 6.42 Å². The van der Waals surface area contributed by atoms with Gasteiger partial charge in [-0.25, -0.2) is 0 Å². The maximum Gasteiger partial charge on any atom is 0.255 e. The van der Waals surface area contributed by atoms with Crippen LogP contribution in [0.3, 0.4) is 0 Å². The van der Waals surface area contributed by atoms with Gasteiger partial charge in [-0.3, -0.25) is 4.79 Å². The summed E-state index contributed by atoms with van der Waals surface area (Å²) in [6.07, 6.45) is 0.972. The Kier molecular flexibility index (Phi) is 5.53. The first-order valence-corrected chi connectivity index (χ1v) is 9.45. The molecular formula is C20H23NO3S. The number of amides is 1. The van der Waals surface area contributed by atoms with E-state index < -0.39 is 0 Å². The predicted molar refractivity (Wildman–Crippen MR) is 102 cm³/mol. The zero-order valence-corrected chi connectivity index (χ0v) is 15.6. The van der Waals surface area contributed by atoms with Gasteiger partial charge in [0.15, 0.2) is 0 Å². The Hall–Kier alpha value is -2.14. The third kappa shape index (κ3) is 3.76. The molecule has 132 valence electrons. The summed E-state index contributed by atoms with van der Waals surface area (Å²) in [5, 5.41) is -0.0256. The van der Waals surface area contributed by atoms with Crippen molar-refractivity contribution in [2.24, 2.45) is 0 Å². The lowest BCUT2D eigenvalue weighted by Crippen LogP contribution is -2.30. The van der Waals surface area contributed by atoms with Crippen molar-refractivity contribution in [2.45, 2.75) is 18.7 Å². The number of carbonyl (C=O) groups excluding carboxylic acids is 1. The molecule has 2 aromatic rings. The molecule has 0 aromatic heterocycles. The van der Waals surface area contributed by atoms with E-state index in [2.05, 4.69) is 6.92 Å². The Bertz CT molecular complexity index is 723. The normalized spacial score (nSPS) is 16.8. The van der Waals surface area contributed by atoms with Gasteiger partial charge in [-0.1, -0.05) is 19.1 Å². The van der Waals surface area contributed by atoms with Crippen LogP contribution in [0, 0.1) is 0 Å². The van der Waals surface area contributed by atoms with E-state index in [0.29, 0.717) is 0 Å². The highest BCUT2D eigenvalue weighted by Crippen LogP contribution is 2.41. The third-order valence-corrected chi connectivity index (χ3v) is 5.68. The van der Waals surface area contributed by atoms with E-state index in [9.17, 15) is 4.79 Å². The van der Waals surface area contributed by atoms with Crippen LogP contribution < -0.4 is 9.47 Å². The summed E-state index contributed by atoms with van der Waals surface area (Å²) in [6.45, 7) is 2.85. The Balaban J connectivity index is 1.88. The number of methoxy groups -OCH3 is 2. The quantitative estimate of drug-likeness (QED) is 0.806. The molecule has 1 fully saturated rings. The number of benzene rings is 2. The SMILES string of the molecule is CCc1ccc(C(=O)N2CCS[C@@H]2c2cc(OC)cc(OC)c2)cc1. The predicted octanol–water partition coefficient (Wildman–Crippen LogP) is 4.15. The van der Waals surface area contributed by atoms with Crippen molar-refractivity contribution in [3.05, 3.63) is 59.2 Å². The highest BCUT2D eigenvalue weighted by Gasteiger charge is 2.31. The zero-order chi connectivity index (χ0) is 17.8. The van der Waals surface area contributed by atoms with Crippen LogP contribution in [0.5, 0.6) is 11.5 Å². The standard InChI is InChI=1S/C20H23NO3S/c1-4-14-5-7-15(8-6-14)19(22)21-9-10-25-20(21)16-11-17(23-2)13-18(12-16)24-3/h5-8,11-13,20H,4,9-10H2,1-3H3/t20-/m1/s1. The molecule has 1 saturated heterocycles. The number of ether oxygens (including phenoxy) is 2. The highest BCUT2D eigenvalue weighted by atomic mass is 32.2. The zero-order valence-electron chi connectivity index (χ0n) is 14.8. The molecule has 1 heterocycles. The van der Waals surface area contributed by atoms with Crippen LogP contribution in [-0.4, -0.2) is 37.3 Å². The topological polar surface area (TPSA) is 38.8 Å². The van der Waals surface area contributed by atoms with Crippen LogP contribution in [0.4, 0.5) is 0 Å². The Morgan fingerprint density at radius 2 is 1.76 bits per heavy atom. The molecule has 1 amide bonds. The number of rotatable bonds is 5. The van der Waals surface area contributed by atoms with Gasteiger partial charge in [-0.15, -0.1) is 11.8 Å². The van der Waals surface area contributed by atoms with Gasteiger partial charge < -0.3 is 14.4 Å². The minimum absolute atomic E-state index is 0.0256. The summed E-state index contributed by atoms with van der Waals surface area (Å²) in [5.74, 6) is 2.46. The molecule has 1 aliphatic rings. The second-order valence-corrected chi connectivity index (χ2v) is 7.11. The van der Waals surface area contributed by atoms with E-state index in [-0.39, 0.29) is 11.3 Å². The van der Waals surface area contributed by atoms with Gasteiger partial charge in [0.2, 0.25) is 0 Å². The monoisotopic (exact) mass is 357 g/mol. The second kappa shape index (κ2) is 7.83. The Morgan fingerprint density at radius 1 is 1.12 bits per heavy atom. The van der Waals surface area contributed by atoms with E-state index in [4.69, 9.17) is 9.47 Å². The molecule has 3 rings (SSSR count). The fraction of sp³-hybridized carbons (Fsp3) is 0.350. The summed E-state index contributed by atoms with van der Waals surface area (Å²) >= 11 is 1.77. The maximum absolute atomic E-state index is 13.0. The van der Waals surface area contributed by atoms with Crippen molar-refractivity contribution in [1.82, 2.24) is 4.90 Å². The molecule has 0 saturated carbocycles. The average Bonchev–Trinajstić information content (AvgIpc) is 3.16. The van der Waals surface area contributed by atoms with Gasteiger partial charge in [-0.2, -0.15) is 0 Å². The van der Waals surface area contributed by atoms with Crippen molar-refractivity contribution in [2.75, 3.05) is 26.5 Å². The van der Waals surface area contributed by atoms with Crippen LogP contribution in [0.25, 0.3) is 0 Å². The lowest BCUT2D eigenvalue weighted by molar-refractivity contribution is 0.0760. The van der Waals surface area contributed by atoms with Gasteiger partial charge in [0, 0.05) is 23.9 Å². The molecule has 5 heteroatoms. The number of nitrogens with zero attached hydrogens (tertiary/aromatic N) is 1. The van der Waals surface area contributed by atoms with Gasteiger partial charge >= 0.3 is 0 Å².